The minimum Gasteiger partial charge on any atom is -0.489 e. The van der Waals surface area contributed by atoms with E-state index in [9.17, 15) is 9.18 Å². The highest BCUT2D eigenvalue weighted by molar-refractivity contribution is 5.67. The molecule has 1 aromatic carbocycles. The summed E-state index contributed by atoms with van der Waals surface area (Å²) in [6, 6.07) is 10.0. The number of hydrogen-bond acceptors (Lipinski definition) is 4. The van der Waals surface area contributed by atoms with E-state index < -0.39 is 17.6 Å². The largest absolute Gasteiger partial charge is 0.489 e. The van der Waals surface area contributed by atoms with Crippen LogP contribution in [-0.4, -0.2) is 40.3 Å². The average molecular weight is 341 g/mol. The Bertz CT molecular complexity index is 842. The summed E-state index contributed by atoms with van der Waals surface area (Å²) in [7, 11) is 1.52. The van der Waals surface area contributed by atoms with Crippen LogP contribution in [0.25, 0.3) is 11.1 Å². The summed E-state index contributed by atoms with van der Waals surface area (Å²) in [6.45, 7) is 0.190. The molecule has 1 saturated carbocycles. The number of carboxylic acid groups (broad SMARTS) is 1. The van der Waals surface area contributed by atoms with Crippen LogP contribution in [0.1, 0.15) is 18.4 Å². The fourth-order valence-corrected chi connectivity index (χ4v) is 2.58. The van der Waals surface area contributed by atoms with Crippen LogP contribution in [0.5, 0.6) is 5.75 Å². The zero-order chi connectivity index (χ0) is 18.0. The number of likely N-dealkylation sites (N-methyl/N-ethyl adjacent to an activating group) is 1. The Labute approximate surface area is 144 Å². The molecule has 7 heteroatoms. The molecular formula is C18H16FN3O3. The van der Waals surface area contributed by atoms with Gasteiger partial charge < -0.3 is 14.7 Å². The van der Waals surface area contributed by atoms with Crippen LogP contribution in [0.2, 0.25) is 0 Å². The second-order valence-electron chi connectivity index (χ2n) is 6.05. The van der Waals surface area contributed by atoms with Crippen LogP contribution < -0.4 is 4.74 Å². The van der Waals surface area contributed by atoms with Gasteiger partial charge in [0.1, 0.15) is 12.4 Å². The molecule has 1 aliphatic carbocycles. The van der Waals surface area contributed by atoms with Crippen LogP contribution in [0.4, 0.5) is 9.18 Å². The van der Waals surface area contributed by atoms with Crippen LogP contribution >= 0.6 is 0 Å². The van der Waals surface area contributed by atoms with E-state index in [1.54, 1.807) is 24.3 Å². The van der Waals surface area contributed by atoms with Crippen LogP contribution in [0, 0.1) is 17.3 Å². The maximum Gasteiger partial charge on any atom is 0.407 e. The van der Waals surface area contributed by atoms with Crippen molar-refractivity contribution in [2.75, 3.05) is 13.7 Å². The normalized spacial score (nSPS) is 14.4. The first-order chi connectivity index (χ1) is 11.9. The van der Waals surface area contributed by atoms with E-state index in [2.05, 4.69) is 4.98 Å². The molecule has 1 heterocycles. The first kappa shape index (κ1) is 16.7. The Morgan fingerprint density at radius 1 is 1.44 bits per heavy atom. The van der Waals surface area contributed by atoms with E-state index in [0.29, 0.717) is 16.9 Å². The van der Waals surface area contributed by atoms with Gasteiger partial charge in [0, 0.05) is 12.6 Å². The number of halogens is 1. The van der Waals surface area contributed by atoms with E-state index in [4.69, 9.17) is 15.1 Å². The second kappa shape index (κ2) is 6.40. The SMILES string of the molecule is CN(C(=O)O)C1(COc2cnc(F)c(-c3ccc(C#N)cc3)c2)CC1. The fourth-order valence-electron chi connectivity index (χ4n) is 2.58. The first-order valence-corrected chi connectivity index (χ1v) is 7.71. The predicted octanol–water partition coefficient (Wildman–Crippen LogP) is 3.28. The fraction of sp³-hybridized carbons (Fsp3) is 0.278. The van der Waals surface area contributed by atoms with Gasteiger partial charge in [0.2, 0.25) is 5.95 Å². The maximum atomic E-state index is 14.0. The standard InChI is InChI=1S/C18H16FN3O3/c1-22(17(23)24)18(6-7-18)11-25-14-8-15(16(19)21-10-14)13-4-2-12(9-20)3-5-13/h2-5,8,10H,6-7,11H2,1H3,(H,23,24). The van der Waals surface area contributed by atoms with Gasteiger partial charge in [0.15, 0.2) is 0 Å². The van der Waals surface area contributed by atoms with E-state index in [1.807, 2.05) is 6.07 Å². The second-order valence-corrected chi connectivity index (χ2v) is 6.05. The van der Waals surface area contributed by atoms with Gasteiger partial charge in [-0.15, -0.1) is 0 Å². The van der Waals surface area contributed by atoms with Crippen molar-refractivity contribution in [2.45, 2.75) is 18.4 Å². The molecule has 0 radical (unpaired) electrons. The highest BCUT2D eigenvalue weighted by atomic mass is 19.1. The van der Waals surface area contributed by atoms with Crippen molar-refractivity contribution in [1.29, 1.82) is 5.26 Å². The molecule has 0 unspecified atom stereocenters. The number of hydrogen-bond donors (Lipinski definition) is 1. The van der Waals surface area contributed by atoms with Crippen LogP contribution in [-0.2, 0) is 0 Å². The quantitative estimate of drug-likeness (QED) is 0.844. The molecule has 1 amide bonds. The third kappa shape index (κ3) is 3.38. The van der Waals surface area contributed by atoms with Crippen molar-refractivity contribution >= 4 is 6.09 Å². The number of ether oxygens (including phenoxy) is 1. The Kier molecular flexibility index (Phi) is 4.28. The molecule has 128 valence electrons. The third-order valence-corrected chi connectivity index (χ3v) is 4.47. The summed E-state index contributed by atoms with van der Waals surface area (Å²) >= 11 is 0. The molecule has 25 heavy (non-hydrogen) atoms. The summed E-state index contributed by atoms with van der Waals surface area (Å²) in [5.41, 5.74) is 0.808. The monoisotopic (exact) mass is 341 g/mol. The summed E-state index contributed by atoms with van der Waals surface area (Å²) in [6.07, 6.45) is 1.73. The molecule has 2 aromatic rings. The number of benzene rings is 1. The average Bonchev–Trinajstić information content (AvgIpc) is 3.41. The van der Waals surface area contributed by atoms with Crippen molar-refractivity contribution in [3.63, 3.8) is 0 Å². The van der Waals surface area contributed by atoms with Gasteiger partial charge in [-0.2, -0.15) is 9.65 Å². The molecule has 1 N–H and O–H groups in total. The summed E-state index contributed by atoms with van der Waals surface area (Å²) < 4.78 is 19.7. The molecule has 0 atom stereocenters. The number of amides is 1. The number of nitriles is 1. The lowest BCUT2D eigenvalue weighted by Gasteiger charge is -2.25. The Morgan fingerprint density at radius 2 is 2.12 bits per heavy atom. The van der Waals surface area contributed by atoms with Gasteiger partial charge in [-0.1, -0.05) is 12.1 Å². The van der Waals surface area contributed by atoms with Crippen molar-refractivity contribution < 1.29 is 19.0 Å². The molecule has 6 nitrogen and oxygen atoms in total. The van der Waals surface area contributed by atoms with Crippen molar-refractivity contribution in [1.82, 2.24) is 9.88 Å². The topological polar surface area (TPSA) is 86.5 Å². The lowest BCUT2D eigenvalue weighted by atomic mass is 10.1. The van der Waals surface area contributed by atoms with Crippen molar-refractivity contribution in [2.24, 2.45) is 0 Å². The van der Waals surface area contributed by atoms with Gasteiger partial charge in [-0.25, -0.2) is 9.78 Å². The number of pyridine rings is 1. The molecular weight excluding hydrogens is 325 g/mol. The maximum absolute atomic E-state index is 14.0. The van der Waals surface area contributed by atoms with E-state index >= 15 is 0 Å². The minimum absolute atomic E-state index is 0.190. The molecule has 1 aliphatic rings. The lowest BCUT2D eigenvalue weighted by molar-refractivity contribution is 0.109. The van der Waals surface area contributed by atoms with Gasteiger partial charge in [0.05, 0.1) is 23.4 Å². The molecule has 0 spiro atoms. The minimum atomic E-state index is -1.00. The highest BCUT2D eigenvalue weighted by Crippen LogP contribution is 2.41. The van der Waals surface area contributed by atoms with E-state index in [1.165, 1.54) is 24.2 Å². The Morgan fingerprint density at radius 3 is 2.68 bits per heavy atom. The third-order valence-electron chi connectivity index (χ3n) is 4.47. The Hall–Kier alpha value is -3.14. The molecule has 1 aromatic heterocycles. The first-order valence-electron chi connectivity index (χ1n) is 7.71. The number of rotatable bonds is 5. The Balaban J connectivity index is 1.78. The van der Waals surface area contributed by atoms with Crippen molar-refractivity contribution in [3.8, 4) is 22.9 Å². The predicted molar refractivity (Wildman–Crippen MR) is 87.6 cm³/mol. The zero-order valence-corrected chi connectivity index (χ0v) is 13.6. The molecule has 1 fully saturated rings. The van der Waals surface area contributed by atoms with Crippen LogP contribution in [0.15, 0.2) is 36.5 Å². The summed E-state index contributed by atoms with van der Waals surface area (Å²) in [5, 5.41) is 17.9. The van der Waals surface area contributed by atoms with E-state index in [-0.39, 0.29) is 12.2 Å². The van der Waals surface area contributed by atoms with Crippen molar-refractivity contribution in [3.05, 3.63) is 48.0 Å². The highest BCUT2D eigenvalue weighted by Gasteiger charge is 2.49. The van der Waals surface area contributed by atoms with Gasteiger partial charge in [-0.3, -0.25) is 0 Å². The summed E-state index contributed by atoms with van der Waals surface area (Å²) in [5.74, 6) is -0.272. The summed E-state index contributed by atoms with van der Waals surface area (Å²) in [4.78, 5) is 16.1. The number of aromatic nitrogens is 1. The lowest BCUT2D eigenvalue weighted by Crippen LogP contribution is -2.42. The molecule has 0 saturated heterocycles. The van der Waals surface area contributed by atoms with Gasteiger partial charge in [-0.05, 0) is 36.6 Å². The number of carbonyl (C=O) groups is 1. The number of nitrogens with zero attached hydrogens (tertiary/aromatic N) is 3. The molecule has 3 rings (SSSR count). The zero-order valence-electron chi connectivity index (χ0n) is 13.6. The van der Waals surface area contributed by atoms with Gasteiger partial charge in [0.25, 0.3) is 0 Å². The smallest absolute Gasteiger partial charge is 0.407 e. The molecule has 0 aliphatic heterocycles. The van der Waals surface area contributed by atoms with E-state index in [0.717, 1.165) is 12.8 Å². The van der Waals surface area contributed by atoms with Gasteiger partial charge >= 0.3 is 6.09 Å². The van der Waals surface area contributed by atoms with Crippen LogP contribution in [0.3, 0.4) is 0 Å². The molecule has 0 bridgehead atoms.